The average Bonchev–Trinajstić information content (AvgIpc) is 3.27. The third-order valence-electron chi connectivity index (χ3n) is 10.8. The molecule has 0 spiro atoms. The van der Waals surface area contributed by atoms with E-state index in [4.69, 9.17) is 0 Å². The van der Waals surface area contributed by atoms with Gasteiger partial charge in [-0.1, -0.05) is 84.9 Å². The number of benzene rings is 5. The van der Waals surface area contributed by atoms with Crippen molar-refractivity contribution >= 4 is 0 Å². The van der Waals surface area contributed by atoms with E-state index in [2.05, 4.69) is 178 Å². The Bertz CT molecular complexity index is 2540. The van der Waals surface area contributed by atoms with Crippen molar-refractivity contribution in [3.8, 4) is 89.0 Å². The van der Waals surface area contributed by atoms with Gasteiger partial charge in [-0.3, -0.25) is 19.9 Å². The number of aryl methyl sites for hydroxylation is 4. The van der Waals surface area contributed by atoms with Crippen LogP contribution in [0.2, 0.25) is 0 Å². The molecule has 0 saturated carbocycles. The molecule has 9 aromatic rings. The molecule has 0 radical (unpaired) electrons. The van der Waals surface area contributed by atoms with E-state index in [-0.39, 0.29) is 0 Å². The summed E-state index contributed by atoms with van der Waals surface area (Å²) in [6.45, 7) is 8.10. The summed E-state index contributed by atoms with van der Waals surface area (Å²) < 4.78 is 0. The molecule has 4 heteroatoms. The number of aromatic nitrogens is 4. The van der Waals surface area contributed by atoms with Crippen LogP contribution in [-0.4, -0.2) is 19.9 Å². The summed E-state index contributed by atoms with van der Waals surface area (Å²) in [6.07, 6.45) is 7.89. The number of rotatable bonds is 8. The molecule has 58 heavy (non-hydrogen) atoms. The summed E-state index contributed by atoms with van der Waals surface area (Å²) in [5, 5.41) is 0. The first kappa shape index (κ1) is 36.3. The number of hydrogen-bond acceptors (Lipinski definition) is 4. The first-order chi connectivity index (χ1) is 28.3. The SMILES string of the molecule is Cc1ccc(-c2cc(-c3ccc(C)nc3)cc(-c3cc(-c4ccccc4)c(-c4cc(-c5ccc(C)nc5)cc(-c5ccc(C)nc5)c4)cc3-c3ccccc3)c2)cn1. The van der Waals surface area contributed by atoms with Crippen molar-refractivity contribution in [2.45, 2.75) is 27.7 Å². The van der Waals surface area contributed by atoms with Gasteiger partial charge in [0.25, 0.3) is 0 Å². The predicted octanol–water partition coefficient (Wildman–Crippen LogP) is 13.8. The van der Waals surface area contributed by atoms with Gasteiger partial charge < -0.3 is 0 Å². The van der Waals surface area contributed by atoms with Crippen LogP contribution in [0.15, 0.2) is 183 Å². The molecule has 278 valence electrons. The maximum absolute atomic E-state index is 4.68. The third-order valence-corrected chi connectivity index (χ3v) is 10.8. The van der Waals surface area contributed by atoms with Crippen LogP contribution in [-0.2, 0) is 0 Å². The van der Waals surface area contributed by atoms with Crippen molar-refractivity contribution < 1.29 is 0 Å². The van der Waals surface area contributed by atoms with E-state index in [1.54, 1.807) is 0 Å². The summed E-state index contributed by atoms with van der Waals surface area (Å²) >= 11 is 0. The zero-order valence-corrected chi connectivity index (χ0v) is 33.1. The molecule has 0 amide bonds. The van der Waals surface area contributed by atoms with Crippen molar-refractivity contribution in [1.82, 2.24) is 19.9 Å². The Morgan fingerprint density at radius 3 is 0.741 bits per heavy atom. The van der Waals surface area contributed by atoms with E-state index in [9.17, 15) is 0 Å². The molecule has 0 N–H and O–H groups in total. The minimum atomic E-state index is 0.988. The summed E-state index contributed by atoms with van der Waals surface area (Å²) in [7, 11) is 0. The second kappa shape index (κ2) is 15.7. The highest BCUT2D eigenvalue weighted by Gasteiger charge is 2.19. The fourth-order valence-electron chi connectivity index (χ4n) is 7.58. The average molecular weight is 747 g/mol. The van der Waals surface area contributed by atoms with Crippen LogP contribution in [0.3, 0.4) is 0 Å². The quantitative estimate of drug-likeness (QED) is 0.155. The Labute approximate surface area is 340 Å². The Balaban J connectivity index is 1.34. The second-order valence-corrected chi connectivity index (χ2v) is 15.0. The molecule has 4 nitrogen and oxygen atoms in total. The van der Waals surface area contributed by atoms with Gasteiger partial charge in [-0.25, -0.2) is 0 Å². The van der Waals surface area contributed by atoms with E-state index in [0.717, 1.165) is 112 Å². The fourth-order valence-corrected chi connectivity index (χ4v) is 7.58. The molecule has 5 aromatic carbocycles. The maximum Gasteiger partial charge on any atom is 0.0373 e. The van der Waals surface area contributed by atoms with Crippen molar-refractivity contribution in [3.05, 3.63) is 205 Å². The highest BCUT2D eigenvalue weighted by Crippen LogP contribution is 2.45. The largest absolute Gasteiger partial charge is 0.261 e. The Hall–Kier alpha value is -7.30. The van der Waals surface area contributed by atoms with Gasteiger partial charge in [-0.2, -0.15) is 0 Å². The second-order valence-electron chi connectivity index (χ2n) is 15.0. The lowest BCUT2D eigenvalue weighted by molar-refractivity contribution is 1.20. The molecule has 9 rings (SSSR count). The molecule has 0 aliphatic heterocycles. The van der Waals surface area contributed by atoms with Gasteiger partial charge in [0.05, 0.1) is 0 Å². The van der Waals surface area contributed by atoms with Gasteiger partial charge >= 0.3 is 0 Å². The van der Waals surface area contributed by atoms with Crippen LogP contribution in [0.4, 0.5) is 0 Å². The Morgan fingerprint density at radius 1 is 0.224 bits per heavy atom. The van der Waals surface area contributed by atoms with E-state index < -0.39 is 0 Å². The normalized spacial score (nSPS) is 11.1. The maximum atomic E-state index is 4.68. The molecule has 0 saturated heterocycles. The summed E-state index contributed by atoms with van der Waals surface area (Å²) in [5.74, 6) is 0. The van der Waals surface area contributed by atoms with Crippen molar-refractivity contribution in [2.24, 2.45) is 0 Å². The number of nitrogens with zero attached hydrogens (tertiary/aromatic N) is 4. The highest BCUT2D eigenvalue weighted by molar-refractivity contribution is 5.98. The predicted molar refractivity (Wildman–Crippen MR) is 240 cm³/mol. The van der Waals surface area contributed by atoms with E-state index in [1.165, 1.54) is 0 Å². The summed E-state index contributed by atoms with van der Waals surface area (Å²) in [4.78, 5) is 18.7. The molecular formula is C54H42N4. The van der Waals surface area contributed by atoms with Crippen molar-refractivity contribution in [1.29, 1.82) is 0 Å². The van der Waals surface area contributed by atoms with Gasteiger partial charge in [-0.15, -0.1) is 0 Å². The van der Waals surface area contributed by atoms with Gasteiger partial charge in [0, 0.05) is 69.8 Å². The van der Waals surface area contributed by atoms with Crippen LogP contribution in [0, 0.1) is 27.7 Å². The standard InChI is InChI=1S/C54H42N4/c1-35-15-19-41(31-55-35)45-23-46(42-20-16-36(2)56-32-42)26-49(25-45)53-29-52(40-13-9-6-10-14-40)54(30-51(53)39-11-7-5-8-12-39)50-27-47(43-21-17-37(3)57-33-43)24-48(28-50)44-22-18-38(4)58-34-44/h5-34H,1-4H3. The monoisotopic (exact) mass is 746 g/mol. The lowest BCUT2D eigenvalue weighted by atomic mass is 9.83. The molecular weight excluding hydrogens is 705 g/mol. The molecule has 4 aromatic heterocycles. The van der Waals surface area contributed by atoms with Crippen molar-refractivity contribution in [3.63, 3.8) is 0 Å². The molecule has 0 fully saturated rings. The van der Waals surface area contributed by atoms with Gasteiger partial charge in [-0.05, 0) is 167 Å². The highest BCUT2D eigenvalue weighted by atomic mass is 14.7. The van der Waals surface area contributed by atoms with Gasteiger partial charge in [0.2, 0.25) is 0 Å². The summed E-state index contributed by atoms with van der Waals surface area (Å²) in [5.41, 5.74) is 21.7. The Morgan fingerprint density at radius 2 is 0.483 bits per heavy atom. The first-order valence-electron chi connectivity index (χ1n) is 19.7. The van der Waals surface area contributed by atoms with E-state index >= 15 is 0 Å². The molecule has 0 aliphatic rings. The van der Waals surface area contributed by atoms with Gasteiger partial charge in [0.1, 0.15) is 0 Å². The number of pyridine rings is 4. The minimum Gasteiger partial charge on any atom is -0.261 e. The van der Waals surface area contributed by atoms with Crippen molar-refractivity contribution in [2.75, 3.05) is 0 Å². The Kier molecular flexibility index (Phi) is 9.83. The van der Waals surface area contributed by atoms with E-state index in [1.807, 2.05) is 52.5 Å². The minimum absolute atomic E-state index is 0.988. The zero-order valence-electron chi connectivity index (χ0n) is 33.1. The van der Waals surface area contributed by atoms with Crippen LogP contribution < -0.4 is 0 Å². The third kappa shape index (κ3) is 7.61. The lowest BCUT2D eigenvalue weighted by Gasteiger charge is -2.20. The van der Waals surface area contributed by atoms with E-state index in [0.29, 0.717) is 0 Å². The fraction of sp³-hybridized carbons (Fsp3) is 0.0741. The zero-order chi connectivity index (χ0) is 39.6. The smallest absolute Gasteiger partial charge is 0.0373 e. The molecule has 0 aliphatic carbocycles. The van der Waals surface area contributed by atoms with Crippen LogP contribution in [0.1, 0.15) is 22.8 Å². The van der Waals surface area contributed by atoms with Crippen LogP contribution in [0.25, 0.3) is 89.0 Å². The topological polar surface area (TPSA) is 51.6 Å². The lowest BCUT2D eigenvalue weighted by Crippen LogP contribution is -1.95. The molecule has 0 bridgehead atoms. The number of hydrogen-bond donors (Lipinski definition) is 0. The molecule has 4 heterocycles. The molecule has 0 atom stereocenters. The van der Waals surface area contributed by atoms with Crippen LogP contribution >= 0.6 is 0 Å². The molecule has 0 unspecified atom stereocenters. The first-order valence-corrected chi connectivity index (χ1v) is 19.7. The van der Waals surface area contributed by atoms with Crippen LogP contribution in [0.5, 0.6) is 0 Å². The van der Waals surface area contributed by atoms with Gasteiger partial charge in [0.15, 0.2) is 0 Å². The summed E-state index contributed by atoms with van der Waals surface area (Å²) in [6, 6.07) is 56.9.